The van der Waals surface area contributed by atoms with Gasteiger partial charge >= 0.3 is 0 Å². The van der Waals surface area contributed by atoms with Gasteiger partial charge in [-0.3, -0.25) is 9.59 Å². The minimum atomic E-state index is -0.372. The summed E-state index contributed by atoms with van der Waals surface area (Å²) in [5.41, 5.74) is 0.515. The lowest BCUT2D eigenvalue weighted by atomic mass is 10.2. The van der Waals surface area contributed by atoms with Gasteiger partial charge in [-0.15, -0.1) is 0 Å². The van der Waals surface area contributed by atoms with Crippen molar-refractivity contribution in [1.82, 2.24) is 15.2 Å². The molecule has 0 aliphatic heterocycles. The minimum absolute atomic E-state index is 0.0854. The molecule has 1 heterocycles. The number of likely N-dealkylation sites (N-methyl/N-ethyl adjacent to an activating group) is 1. The van der Waals surface area contributed by atoms with Crippen molar-refractivity contribution in [3.8, 4) is 0 Å². The topological polar surface area (TPSA) is 74.3 Å². The van der Waals surface area contributed by atoms with E-state index in [0.29, 0.717) is 17.9 Å². The van der Waals surface area contributed by atoms with Gasteiger partial charge < -0.3 is 15.5 Å². The first-order chi connectivity index (χ1) is 8.95. The van der Waals surface area contributed by atoms with Crippen molar-refractivity contribution in [2.24, 2.45) is 0 Å². The Bertz CT molecular complexity index is 442. The number of nitrogens with zero attached hydrogens (tertiary/aromatic N) is 2. The molecule has 0 saturated carbocycles. The first-order valence-corrected chi connectivity index (χ1v) is 6.17. The summed E-state index contributed by atoms with van der Waals surface area (Å²) in [6.45, 7) is 4.21. The third kappa shape index (κ3) is 4.24. The molecule has 0 radical (unpaired) electrons. The lowest BCUT2D eigenvalue weighted by molar-refractivity contribution is -0.121. The predicted octanol–water partition coefficient (Wildman–Crippen LogP) is 0.720. The van der Waals surface area contributed by atoms with E-state index in [9.17, 15) is 9.59 Å². The average Bonchev–Trinajstić information content (AvgIpc) is 2.38. The highest BCUT2D eigenvalue weighted by molar-refractivity contribution is 5.93. The zero-order valence-corrected chi connectivity index (χ0v) is 11.7. The Hall–Kier alpha value is -2.11. The van der Waals surface area contributed by atoms with E-state index in [2.05, 4.69) is 15.6 Å². The van der Waals surface area contributed by atoms with Crippen LogP contribution >= 0.6 is 0 Å². The molecule has 0 bridgehead atoms. The highest BCUT2D eigenvalue weighted by Gasteiger charge is 2.13. The molecule has 1 rings (SSSR count). The van der Waals surface area contributed by atoms with Crippen LogP contribution in [0.2, 0.25) is 0 Å². The third-order valence-electron chi connectivity index (χ3n) is 2.53. The lowest BCUT2D eigenvalue weighted by Gasteiger charge is -2.14. The molecule has 0 aliphatic carbocycles. The number of amides is 2. The molecule has 1 aromatic heterocycles. The van der Waals surface area contributed by atoms with Gasteiger partial charge in [0.05, 0.1) is 5.56 Å². The molecule has 0 aliphatic rings. The number of hydrogen-bond donors (Lipinski definition) is 2. The van der Waals surface area contributed by atoms with Crippen molar-refractivity contribution in [3.05, 3.63) is 23.9 Å². The summed E-state index contributed by atoms with van der Waals surface area (Å²) < 4.78 is 0. The highest BCUT2D eigenvalue weighted by atomic mass is 16.2. The van der Waals surface area contributed by atoms with Crippen LogP contribution < -0.4 is 10.6 Å². The molecule has 0 aromatic carbocycles. The van der Waals surface area contributed by atoms with Crippen LogP contribution in [0.5, 0.6) is 0 Å². The first kappa shape index (κ1) is 14.9. The molecule has 0 spiro atoms. The van der Waals surface area contributed by atoms with Crippen molar-refractivity contribution >= 4 is 17.6 Å². The monoisotopic (exact) mass is 264 g/mol. The largest absolute Gasteiger partial charge is 0.359 e. The fourth-order valence-corrected chi connectivity index (χ4v) is 1.48. The summed E-state index contributed by atoms with van der Waals surface area (Å²) in [6.07, 6.45) is 1.50. The van der Waals surface area contributed by atoms with Gasteiger partial charge in [-0.05, 0) is 26.0 Å². The van der Waals surface area contributed by atoms with Crippen LogP contribution in [0, 0.1) is 0 Å². The van der Waals surface area contributed by atoms with Crippen molar-refractivity contribution in [2.75, 3.05) is 26.0 Å². The molecular formula is C13H20N4O2. The fraction of sp³-hybridized carbons (Fsp3) is 0.462. The Labute approximate surface area is 113 Å². The molecule has 2 amide bonds. The van der Waals surface area contributed by atoms with Crippen LogP contribution in [0.1, 0.15) is 24.2 Å². The van der Waals surface area contributed by atoms with Gasteiger partial charge in [0.15, 0.2) is 0 Å². The Balaban J connectivity index is 2.67. The highest BCUT2D eigenvalue weighted by Crippen LogP contribution is 2.08. The normalized spacial score (nSPS) is 11.6. The van der Waals surface area contributed by atoms with E-state index >= 15 is 0 Å². The number of nitrogens with one attached hydrogen (secondary N) is 2. The van der Waals surface area contributed by atoms with Crippen molar-refractivity contribution in [3.63, 3.8) is 0 Å². The number of carbonyl (C=O) groups is 2. The number of anilines is 1. The van der Waals surface area contributed by atoms with Crippen LogP contribution in [0.25, 0.3) is 0 Å². The molecule has 19 heavy (non-hydrogen) atoms. The average molecular weight is 264 g/mol. The molecule has 2 N–H and O–H groups in total. The molecule has 0 saturated heterocycles. The second kappa shape index (κ2) is 6.72. The Morgan fingerprint density at radius 3 is 2.53 bits per heavy atom. The maximum Gasteiger partial charge on any atom is 0.254 e. The van der Waals surface area contributed by atoms with Gasteiger partial charge in [-0.25, -0.2) is 4.98 Å². The van der Waals surface area contributed by atoms with Crippen molar-refractivity contribution in [2.45, 2.75) is 19.9 Å². The first-order valence-electron chi connectivity index (χ1n) is 6.17. The van der Waals surface area contributed by atoms with Gasteiger partial charge in [-0.2, -0.15) is 0 Å². The fourth-order valence-electron chi connectivity index (χ4n) is 1.48. The second-order valence-electron chi connectivity index (χ2n) is 4.39. The van der Waals surface area contributed by atoms with E-state index in [0.717, 1.165) is 0 Å². The summed E-state index contributed by atoms with van der Waals surface area (Å²) in [7, 11) is 3.37. The number of aromatic nitrogens is 1. The number of rotatable bonds is 5. The number of hydrogen-bond acceptors (Lipinski definition) is 4. The van der Waals surface area contributed by atoms with Gasteiger partial charge in [0.1, 0.15) is 11.9 Å². The van der Waals surface area contributed by atoms with Crippen LogP contribution in [-0.2, 0) is 4.79 Å². The molecular weight excluding hydrogens is 244 g/mol. The Morgan fingerprint density at radius 1 is 1.37 bits per heavy atom. The van der Waals surface area contributed by atoms with Crippen LogP contribution in [0.3, 0.4) is 0 Å². The lowest BCUT2D eigenvalue weighted by Crippen LogP contribution is -2.37. The zero-order chi connectivity index (χ0) is 14.4. The molecule has 6 heteroatoms. The van der Waals surface area contributed by atoms with E-state index in [-0.39, 0.29) is 17.9 Å². The van der Waals surface area contributed by atoms with E-state index in [1.165, 1.54) is 11.1 Å². The van der Waals surface area contributed by atoms with Crippen LogP contribution in [0.4, 0.5) is 5.82 Å². The number of pyridine rings is 1. The Morgan fingerprint density at radius 2 is 2.05 bits per heavy atom. The maximum absolute atomic E-state index is 11.7. The summed E-state index contributed by atoms with van der Waals surface area (Å²) >= 11 is 0. The second-order valence-corrected chi connectivity index (χ2v) is 4.39. The maximum atomic E-state index is 11.7. The van der Waals surface area contributed by atoms with E-state index < -0.39 is 0 Å². The standard InChI is InChI=1S/C13H20N4O2/c1-5-14-12(18)9(2)16-11-7-6-10(8-15-11)13(19)17(3)4/h6-9H,5H2,1-4H3,(H,14,18)(H,15,16). The third-order valence-corrected chi connectivity index (χ3v) is 2.53. The molecule has 1 atom stereocenters. The quantitative estimate of drug-likeness (QED) is 0.822. The van der Waals surface area contributed by atoms with E-state index in [1.807, 2.05) is 6.92 Å². The molecule has 104 valence electrons. The summed E-state index contributed by atoms with van der Waals surface area (Å²) in [5, 5.41) is 5.69. The Kier molecular flexibility index (Phi) is 5.29. The van der Waals surface area contributed by atoms with Crippen molar-refractivity contribution < 1.29 is 9.59 Å². The summed E-state index contributed by atoms with van der Waals surface area (Å²) in [5.74, 6) is 0.377. The minimum Gasteiger partial charge on any atom is -0.359 e. The van der Waals surface area contributed by atoms with Gasteiger partial charge in [0, 0.05) is 26.8 Å². The molecule has 1 unspecified atom stereocenters. The van der Waals surface area contributed by atoms with Gasteiger partial charge in [0.25, 0.3) is 5.91 Å². The predicted molar refractivity (Wildman–Crippen MR) is 74.0 cm³/mol. The van der Waals surface area contributed by atoms with E-state index in [4.69, 9.17) is 0 Å². The molecule has 1 aromatic rings. The zero-order valence-electron chi connectivity index (χ0n) is 11.7. The number of carbonyl (C=O) groups excluding carboxylic acids is 2. The smallest absolute Gasteiger partial charge is 0.254 e. The van der Waals surface area contributed by atoms with Gasteiger partial charge in [-0.1, -0.05) is 0 Å². The van der Waals surface area contributed by atoms with Gasteiger partial charge in [0.2, 0.25) is 5.91 Å². The summed E-state index contributed by atoms with van der Waals surface area (Å²) in [4.78, 5) is 28.8. The van der Waals surface area contributed by atoms with E-state index in [1.54, 1.807) is 33.2 Å². The van der Waals surface area contributed by atoms with Crippen molar-refractivity contribution in [1.29, 1.82) is 0 Å². The molecule has 0 fully saturated rings. The molecule has 6 nitrogen and oxygen atoms in total. The summed E-state index contributed by atoms with van der Waals surface area (Å²) in [6, 6.07) is 3.00. The van der Waals surface area contributed by atoms with Crippen LogP contribution in [0.15, 0.2) is 18.3 Å². The SMILES string of the molecule is CCNC(=O)C(C)Nc1ccc(C(=O)N(C)C)cn1. The van der Waals surface area contributed by atoms with Crippen LogP contribution in [-0.4, -0.2) is 48.4 Å².